The Morgan fingerprint density at radius 1 is 1.53 bits per heavy atom. The molecule has 2 aliphatic rings. The fourth-order valence-electron chi connectivity index (χ4n) is 2.49. The van der Waals surface area contributed by atoms with E-state index < -0.39 is 0 Å². The molecule has 2 atom stereocenters. The highest BCUT2D eigenvalue weighted by atomic mass is 32.1. The van der Waals surface area contributed by atoms with Gasteiger partial charge in [0.2, 0.25) is 0 Å². The van der Waals surface area contributed by atoms with Crippen molar-refractivity contribution in [2.75, 3.05) is 39.0 Å². The zero-order chi connectivity index (χ0) is 10.8. The van der Waals surface area contributed by atoms with Gasteiger partial charge in [0.05, 0.1) is 6.04 Å². The zero-order valence-corrected chi connectivity index (χ0v) is 10.0. The molecule has 4 nitrogen and oxygen atoms in total. The standard InChI is InChI=1S/C10H19N3OS/c1-12-3-2-8(6-12)9-7-13(4-5-15)10(14)11-9/h8-9,15H,2-7H2,1H3,(H,11,14). The lowest BCUT2D eigenvalue weighted by Crippen LogP contribution is -2.35. The molecular weight excluding hydrogens is 210 g/mol. The minimum Gasteiger partial charge on any atom is -0.333 e. The van der Waals surface area contributed by atoms with Crippen LogP contribution in [0.25, 0.3) is 0 Å². The number of thiol groups is 1. The molecule has 0 saturated carbocycles. The van der Waals surface area contributed by atoms with E-state index in [1.165, 1.54) is 6.42 Å². The minimum absolute atomic E-state index is 0.0867. The largest absolute Gasteiger partial charge is 0.333 e. The quantitative estimate of drug-likeness (QED) is 0.681. The molecule has 2 rings (SSSR count). The minimum atomic E-state index is 0.0867. The Labute approximate surface area is 96.4 Å². The number of nitrogens with one attached hydrogen (secondary N) is 1. The summed E-state index contributed by atoms with van der Waals surface area (Å²) in [5, 5.41) is 3.08. The predicted octanol–water partition coefficient (Wildman–Crippen LogP) is 0.262. The molecule has 0 spiro atoms. The van der Waals surface area contributed by atoms with Crippen molar-refractivity contribution < 1.29 is 4.79 Å². The SMILES string of the molecule is CN1CCC(C2CN(CCS)C(=O)N2)C1. The van der Waals surface area contributed by atoms with Gasteiger partial charge in [0, 0.05) is 25.4 Å². The average Bonchev–Trinajstić information content (AvgIpc) is 2.75. The second-order valence-corrected chi connectivity index (χ2v) is 4.98. The lowest BCUT2D eigenvalue weighted by molar-refractivity contribution is 0.220. The van der Waals surface area contributed by atoms with Crippen molar-refractivity contribution in [1.82, 2.24) is 15.1 Å². The van der Waals surface area contributed by atoms with Crippen LogP contribution in [0.5, 0.6) is 0 Å². The smallest absolute Gasteiger partial charge is 0.317 e. The van der Waals surface area contributed by atoms with Gasteiger partial charge in [0.1, 0.15) is 0 Å². The molecule has 15 heavy (non-hydrogen) atoms. The van der Waals surface area contributed by atoms with Crippen LogP contribution in [-0.4, -0.2) is 60.9 Å². The third kappa shape index (κ3) is 2.39. The van der Waals surface area contributed by atoms with Crippen molar-refractivity contribution in [3.8, 4) is 0 Å². The summed E-state index contributed by atoms with van der Waals surface area (Å²) < 4.78 is 0. The molecule has 2 heterocycles. The summed E-state index contributed by atoms with van der Waals surface area (Å²) in [4.78, 5) is 15.8. The Hall–Kier alpha value is -0.420. The summed E-state index contributed by atoms with van der Waals surface area (Å²) in [6.45, 7) is 3.88. The second kappa shape index (κ2) is 4.61. The van der Waals surface area contributed by atoms with E-state index in [1.54, 1.807) is 0 Å². The van der Waals surface area contributed by atoms with Gasteiger partial charge in [-0.3, -0.25) is 0 Å². The van der Waals surface area contributed by atoms with Crippen LogP contribution in [-0.2, 0) is 0 Å². The fraction of sp³-hybridized carbons (Fsp3) is 0.900. The van der Waals surface area contributed by atoms with Gasteiger partial charge >= 0.3 is 6.03 Å². The van der Waals surface area contributed by atoms with Gasteiger partial charge in [0.15, 0.2) is 0 Å². The Morgan fingerprint density at radius 2 is 2.33 bits per heavy atom. The van der Waals surface area contributed by atoms with E-state index in [2.05, 4.69) is 29.9 Å². The van der Waals surface area contributed by atoms with Crippen LogP contribution in [0, 0.1) is 5.92 Å². The van der Waals surface area contributed by atoms with E-state index in [9.17, 15) is 4.79 Å². The highest BCUT2D eigenvalue weighted by Gasteiger charge is 2.36. The Bertz CT molecular complexity index is 249. The van der Waals surface area contributed by atoms with Crippen molar-refractivity contribution in [2.45, 2.75) is 12.5 Å². The third-order valence-electron chi connectivity index (χ3n) is 3.38. The highest BCUT2D eigenvalue weighted by molar-refractivity contribution is 7.80. The molecule has 0 aromatic carbocycles. The topological polar surface area (TPSA) is 35.6 Å². The van der Waals surface area contributed by atoms with Crippen LogP contribution >= 0.6 is 12.6 Å². The number of carbonyl (C=O) groups excluding carboxylic acids is 1. The van der Waals surface area contributed by atoms with Gasteiger partial charge in [-0.15, -0.1) is 0 Å². The molecule has 2 saturated heterocycles. The normalized spacial score (nSPS) is 32.4. The number of nitrogens with zero attached hydrogens (tertiary/aromatic N) is 2. The van der Waals surface area contributed by atoms with Crippen molar-refractivity contribution in [1.29, 1.82) is 0 Å². The second-order valence-electron chi connectivity index (χ2n) is 4.54. The molecule has 0 bridgehead atoms. The van der Waals surface area contributed by atoms with Crippen molar-refractivity contribution in [3.63, 3.8) is 0 Å². The number of hydrogen-bond acceptors (Lipinski definition) is 3. The molecule has 2 aliphatic heterocycles. The Balaban J connectivity index is 1.88. The number of rotatable bonds is 3. The lowest BCUT2D eigenvalue weighted by atomic mass is 10.00. The summed E-state index contributed by atoms with van der Waals surface area (Å²) >= 11 is 4.16. The zero-order valence-electron chi connectivity index (χ0n) is 9.15. The number of carbonyl (C=O) groups is 1. The van der Waals surface area contributed by atoms with Gasteiger partial charge in [-0.1, -0.05) is 0 Å². The molecule has 0 aliphatic carbocycles. The molecule has 2 amide bonds. The van der Waals surface area contributed by atoms with Crippen molar-refractivity contribution >= 4 is 18.7 Å². The lowest BCUT2D eigenvalue weighted by Gasteiger charge is -2.18. The van der Waals surface area contributed by atoms with E-state index in [4.69, 9.17) is 0 Å². The van der Waals surface area contributed by atoms with Crippen LogP contribution in [0.3, 0.4) is 0 Å². The van der Waals surface area contributed by atoms with Gasteiger partial charge in [0.25, 0.3) is 0 Å². The van der Waals surface area contributed by atoms with Gasteiger partial charge in [-0.25, -0.2) is 4.79 Å². The molecule has 86 valence electrons. The monoisotopic (exact) mass is 229 g/mol. The summed E-state index contributed by atoms with van der Waals surface area (Å²) in [5.41, 5.74) is 0. The first kappa shape index (κ1) is 11.1. The van der Waals surface area contributed by atoms with Crippen molar-refractivity contribution in [2.24, 2.45) is 5.92 Å². The maximum absolute atomic E-state index is 11.6. The molecule has 2 fully saturated rings. The molecule has 0 radical (unpaired) electrons. The first-order valence-corrected chi connectivity index (χ1v) is 6.19. The van der Waals surface area contributed by atoms with Crippen LogP contribution < -0.4 is 5.32 Å². The molecule has 0 aromatic heterocycles. The number of urea groups is 1. The van der Waals surface area contributed by atoms with E-state index in [0.717, 1.165) is 31.9 Å². The van der Waals surface area contributed by atoms with E-state index in [0.29, 0.717) is 12.0 Å². The summed E-state index contributed by atoms with van der Waals surface area (Å²) in [6, 6.07) is 0.436. The van der Waals surface area contributed by atoms with E-state index in [1.807, 2.05) is 4.90 Å². The average molecular weight is 229 g/mol. The maximum atomic E-state index is 11.6. The molecule has 2 unspecified atom stereocenters. The Morgan fingerprint density at radius 3 is 2.93 bits per heavy atom. The maximum Gasteiger partial charge on any atom is 0.317 e. The van der Waals surface area contributed by atoms with Crippen molar-refractivity contribution in [3.05, 3.63) is 0 Å². The van der Waals surface area contributed by atoms with Gasteiger partial charge in [-0.2, -0.15) is 12.6 Å². The number of hydrogen-bond donors (Lipinski definition) is 2. The highest BCUT2D eigenvalue weighted by Crippen LogP contribution is 2.21. The Kier molecular flexibility index (Phi) is 3.41. The molecule has 1 N–H and O–H groups in total. The molecular formula is C10H19N3OS. The summed E-state index contributed by atoms with van der Waals surface area (Å²) in [7, 11) is 2.14. The van der Waals surface area contributed by atoms with Crippen LogP contribution in [0.2, 0.25) is 0 Å². The van der Waals surface area contributed by atoms with Gasteiger partial charge < -0.3 is 15.1 Å². The summed E-state index contributed by atoms with van der Waals surface area (Å²) in [5.74, 6) is 1.37. The number of likely N-dealkylation sites (tertiary alicyclic amines) is 1. The van der Waals surface area contributed by atoms with Crippen LogP contribution in [0.4, 0.5) is 4.79 Å². The first-order valence-electron chi connectivity index (χ1n) is 5.55. The van der Waals surface area contributed by atoms with Gasteiger partial charge in [-0.05, 0) is 25.9 Å². The number of amides is 2. The first-order chi connectivity index (χ1) is 7.20. The predicted molar refractivity (Wildman–Crippen MR) is 63.3 cm³/mol. The fourth-order valence-corrected chi connectivity index (χ4v) is 2.74. The third-order valence-corrected chi connectivity index (χ3v) is 3.58. The van der Waals surface area contributed by atoms with Crippen LogP contribution in [0.15, 0.2) is 0 Å². The molecule has 5 heteroatoms. The van der Waals surface area contributed by atoms with E-state index >= 15 is 0 Å². The van der Waals surface area contributed by atoms with Crippen LogP contribution in [0.1, 0.15) is 6.42 Å². The summed E-state index contributed by atoms with van der Waals surface area (Å²) in [6.07, 6.45) is 1.20. The van der Waals surface area contributed by atoms with E-state index in [-0.39, 0.29) is 6.03 Å². The molecule has 0 aromatic rings.